The van der Waals surface area contributed by atoms with Crippen molar-refractivity contribution in [2.45, 2.75) is 37.6 Å². The van der Waals surface area contributed by atoms with Crippen molar-refractivity contribution in [3.63, 3.8) is 0 Å². The number of halogens is 4. The molecule has 0 saturated carbocycles. The summed E-state index contributed by atoms with van der Waals surface area (Å²) in [6.07, 6.45) is -5.97. The van der Waals surface area contributed by atoms with Crippen LogP contribution in [0.15, 0.2) is 5.11 Å². The molecule has 16 heteroatoms. The highest BCUT2D eigenvalue weighted by Crippen LogP contribution is 2.30. The standard InChI is InChI=1S/C19H24F4N4O8/c1-8-15(28)16(29)17(30)19(35-8)34-7-6-33-5-4-32-3-2-25-18(31)9-10(20)12(22)14(26-27-24)13(23)11(9)21/h8,15-17,19,28-30H,2-7H2,1H3,(H,25,31)/t8-,15-,16?,17-,19?/m0/s1. The molecule has 1 aromatic rings. The number of carbonyl (C=O) groups is 1. The molecule has 1 aliphatic rings. The van der Waals surface area contributed by atoms with Crippen LogP contribution in [0.2, 0.25) is 0 Å². The average Bonchev–Trinajstić information content (AvgIpc) is 2.83. The van der Waals surface area contributed by atoms with Gasteiger partial charge in [-0.15, -0.1) is 0 Å². The number of hydrogen-bond acceptors (Lipinski definition) is 9. The van der Waals surface area contributed by atoms with E-state index in [-0.39, 0.29) is 39.6 Å². The van der Waals surface area contributed by atoms with Gasteiger partial charge in [-0.2, -0.15) is 0 Å². The zero-order valence-electron chi connectivity index (χ0n) is 18.4. The van der Waals surface area contributed by atoms with Gasteiger partial charge in [0.15, 0.2) is 29.6 Å². The SMILES string of the molecule is C[C@@H]1OC(OCCOCCOCCNC(=O)c2c(F)c(F)c(N=[N+]=[N-])c(F)c2F)[C@@H](O)C(O)[C@H]1O. The van der Waals surface area contributed by atoms with E-state index >= 15 is 0 Å². The van der Waals surface area contributed by atoms with Crippen molar-refractivity contribution in [3.8, 4) is 0 Å². The summed E-state index contributed by atoms with van der Waals surface area (Å²) < 4.78 is 76.2. The Morgan fingerprint density at radius 2 is 1.54 bits per heavy atom. The lowest BCUT2D eigenvalue weighted by Crippen LogP contribution is -2.57. The normalized spacial score (nSPS) is 24.2. The van der Waals surface area contributed by atoms with Gasteiger partial charge in [0.05, 0.1) is 39.1 Å². The minimum atomic E-state index is -2.01. The Bertz CT molecular complexity index is 908. The summed E-state index contributed by atoms with van der Waals surface area (Å²) in [5.41, 5.74) is 5.17. The van der Waals surface area contributed by atoms with Gasteiger partial charge in [0.1, 0.15) is 29.6 Å². The lowest BCUT2D eigenvalue weighted by atomic mass is 10.0. The molecule has 0 aromatic heterocycles. The minimum Gasteiger partial charge on any atom is -0.388 e. The second-order valence-electron chi connectivity index (χ2n) is 7.20. The summed E-state index contributed by atoms with van der Waals surface area (Å²) in [7, 11) is 0. The number of rotatable bonds is 12. The lowest BCUT2D eigenvalue weighted by molar-refractivity contribution is -0.294. The van der Waals surface area contributed by atoms with E-state index in [1.807, 2.05) is 5.32 Å². The maximum atomic E-state index is 13.9. The molecule has 196 valence electrons. The number of hydrogen-bond donors (Lipinski definition) is 4. The molecule has 5 atom stereocenters. The van der Waals surface area contributed by atoms with Gasteiger partial charge in [0.25, 0.3) is 5.91 Å². The van der Waals surface area contributed by atoms with Crippen LogP contribution < -0.4 is 5.32 Å². The first-order valence-corrected chi connectivity index (χ1v) is 10.3. The largest absolute Gasteiger partial charge is 0.388 e. The Labute approximate surface area is 196 Å². The molecule has 0 radical (unpaired) electrons. The lowest BCUT2D eigenvalue weighted by Gasteiger charge is -2.38. The molecule has 1 amide bonds. The summed E-state index contributed by atoms with van der Waals surface area (Å²) in [5, 5.41) is 33.7. The first-order chi connectivity index (χ1) is 16.6. The number of azide groups is 1. The van der Waals surface area contributed by atoms with E-state index in [4.69, 9.17) is 24.5 Å². The van der Waals surface area contributed by atoms with Crippen LogP contribution in [-0.4, -0.2) is 91.5 Å². The number of aliphatic hydroxyl groups is 3. The third kappa shape index (κ3) is 7.22. The van der Waals surface area contributed by atoms with Gasteiger partial charge in [0, 0.05) is 11.5 Å². The van der Waals surface area contributed by atoms with Gasteiger partial charge in [-0.3, -0.25) is 4.79 Å². The number of nitrogens with zero attached hydrogens (tertiary/aromatic N) is 3. The van der Waals surface area contributed by atoms with Crippen LogP contribution in [0.5, 0.6) is 0 Å². The van der Waals surface area contributed by atoms with Crippen molar-refractivity contribution in [1.82, 2.24) is 5.32 Å². The molecule has 1 saturated heterocycles. The zero-order valence-corrected chi connectivity index (χ0v) is 18.4. The highest BCUT2D eigenvalue weighted by Gasteiger charge is 2.42. The van der Waals surface area contributed by atoms with Crippen molar-refractivity contribution in [2.75, 3.05) is 39.6 Å². The van der Waals surface area contributed by atoms with E-state index < -0.39 is 71.1 Å². The highest BCUT2D eigenvalue weighted by molar-refractivity contribution is 5.95. The van der Waals surface area contributed by atoms with Gasteiger partial charge in [-0.25, -0.2) is 17.6 Å². The average molecular weight is 512 g/mol. The number of aliphatic hydroxyl groups excluding tert-OH is 3. The fraction of sp³-hybridized carbons (Fsp3) is 0.632. The molecule has 0 bridgehead atoms. The Balaban J connectivity index is 1.63. The number of nitrogens with one attached hydrogen (secondary N) is 1. The van der Waals surface area contributed by atoms with Gasteiger partial charge in [-0.05, 0) is 12.5 Å². The minimum absolute atomic E-state index is 0.00393. The first kappa shape index (κ1) is 28.7. The molecule has 1 aliphatic heterocycles. The Morgan fingerprint density at radius 3 is 2.14 bits per heavy atom. The molecule has 35 heavy (non-hydrogen) atoms. The molecule has 4 N–H and O–H groups in total. The second-order valence-corrected chi connectivity index (χ2v) is 7.20. The van der Waals surface area contributed by atoms with E-state index in [0.717, 1.165) is 0 Å². The monoisotopic (exact) mass is 512 g/mol. The van der Waals surface area contributed by atoms with Gasteiger partial charge in [0.2, 0.25) is 0 Å². The van der Waals surface area contributed by atoms with E-state index in [0.29, 0.717) is 0 Å². The number of carbonyl (C=O) groups excluding carboxylic acids is 1. The van der Waals surface area contributed by atoms with Crippen LogP contribution in [0, 0.1) is 23.3 Å². The van der Waals surface area contributed by atoms with E-state index in [1.165, 1.54) is 6.92 Å². The molecule has 12 nitrogen and oxygen atoms in total. The van der Waals surface area contributed by atoms with Crippen LogP contribution >= 0.6 is 0 Å². The fourth-order valence-corrected chi connectivity index (χ4v) is 2.97. The van der Waals surface area contributed by atoms with Gasteiger partial charge >= 0.3 is 0 Å². The van der Waals surface area contributed by atoms with Crippen LogP contribution in [-0.2, 0) is 18.9 Å². The maximum Gasteiger partial charge on any atom is 0.257 e. The molecule has 0 spiro atoms. The molecular formula is C19H24F4N4O8. The van der Waals surface area contributed by atoms with Crippen LogP contribution in [0.25, 0.3) is 10.4 Å². The molecule has 2 unspecified atom stereocenters. The highest BCUT2D eigenvalue weighted by atomic mass is 19.2. The van der Waals surface area contributed by atoms with Crippen molar-refractivity contribution in [2.24, 2.45) is 5.11 Å². The van der Waals surface area contributed by atoms with Crippen LogP contribution in [0.1, 0.15) is 17.3 Å². The zero-order chi connectivity index (χ0) is 26.1. The van der Waals surface area contributed by atoms with E-state index in [2.05, 4.69) is 10.0 Å². The summed E-state index contributed by atoms with van der Waals surface area (Å²) in [5.74, 6) is -9.46. The molecule has 1 aromatic carbocycles. The van der Waals surface area contributed by atoms with Crippen LogP contribution in [0.3, 0.4) is 0 Å². The van der Waals surface area contributed by atoms with E-state index in [9.17, 15) is 37.7 Å². The van der Waals surface area contributed by atoms with Crippen LogP contribution in [0.4, 0.5) is 23.2 Å². The molecule has 2 rings (SSSR count). The molecule has 1 fully saturated rings. The topological polar surface area (TPSA) is 175 Å². The smallest absolute Gasteiger partial charge is 0.257 e. The van der Waals surface area contributed by atoms with Gasteiger partial charge in [-0.1, -0.05) is 5.11 Å². The summed E-state index contributed by atoms with van der Waals surface area (Å²) in [6, 6.07) is 0. The van der Waals surface area contributed by atoms with Crippen molar-refractivity contribution < 1.29 is 56.6 Å². The quantitative estimate of drug-likeness (QED) is 0.0794. The van der Waals surface area contributed by atoms with Crippen molar-refractivity contribution in [1.29, 1.82) is 0 Å². The number of benzene rings is 1. The third-order valence-electron chi connectivity index (χ3n) is 4.83. The Hall–Kier alpha value is -2.56. The summed E-state index contributed by atoms with van der Waals surface area (Å²) in [6.45, 7) is 1.33. The second kappa shape index (κ2) is 13.5. The molecule has 1 heterocycles. The Kier molecular flexibility index (Phi) is 11.1. The predicted molar refractivity (Wildman–Crippen MR) is 107 cm³/mol. The fourth-order valence-electron chi connectivity index (χ4n) is 2.97. The Morgan fingerprint density at radius 1 is 0.971 bits per heavy atom. The van der Waals surface area contributed by atoms with Crippen molar-refractivity contribution in [3.05, 3.63) is 39.3 Å². The maximum absolute atomic E-state index is 13.9. The number of ether oxygens (including phenoxy) is 4. The van der Waals surface area contributed by atoms with Crippen molar-refractivity contribution >= 4 is 11.6 Å². The molecular weight excluding hydrogens is 488 g/mol. The summed E-state index contributed by atoms with van der Waals surface area (Å²) in [4.78, 5) is 14.0. The molecule has 0 aliphatic carbocycles. The van der Waals surface area contributed by atoms with Gasteiger partial charge < -0.3 is 39.6 Å². The summed E-state index contributed by atoms with van der Waals surface area (Å²) >= 11 is 0. The third-order valence-corrected chi connectivity index (χ3v) is 4.83. The van der Waals surface area contributed by atoms with E-state index in [1.54, 1.807) is 0 Å². The predicted octanol–water partition coefficient (Wildman–Crippen LogP) is 0.792. The number of amides is 1. The first-order valence-electron chi connectivity index (χ1n) is 10.3.